The predicted octanol–water partition coefficient (Wildman–Crippen LogP) is 7.53. The van der Waals surface area contributed by atoms with Gasteiger partial charge < -0.3 is 0 Å². The SMILES string of the molecule is C/C=C/CCc1ccc(-c2ccc3c(F)c(C=C(F)F)c(F)cc3c2)cc1. The molecule has 138 valence electrons. The highest BCUT2D eigenvalue weighted by molar-refractivity contribution is 5.89. The van der Waals surface area contributed by atoms with Crippen LogP contribution < -0.4 is 0 Å². The Bertz CT molecular complexity index is 1010. The van der Waals surface area contributed by atoms with E-state index in [-0.39, 0.29) is 11.5 Å². The lowest BCUT2D eigenvalue weighted by Gasteiger charge is -2.09. The topological polar surface area (TPSA) is 0 Å². The van der Waals surface area contributed by atoms with Gasteiger partial charge in [0.1, 0.15) is 11.6 Å². The molecule has 3 aromatic carbocycles. The third-order valence-corrected chi connectivity index (χ3v) is 4.44. The van der Waals surface area contributed by atoms with E-state index in [0.717, 1.165) is 30.0 Å². The fourth-order valence-corrected chi connectivity index (χ4v) is 3.05. The zero-order chi connectivity index (χ0) is 19.4. The molecule has 0 N–H and O–H groups in total. The normalized spacial score (nSPS) is 11.3. The molecular formula is C23H18F4. The summed E-state index contributed by atoms with van der Waals surface area (Å²) in [6.07, 6.45) is 4.12. The number of benzene rings is 3. The van der Waals surface area contributed by atoms with Crippen LogP contribution in [0.5, 0.6) is 0 Å². The first kappa shape index (κ1) is 18.9. The Balaban J connectivity index is 1.96. The Kier molecular flexibility index (Phi) is 5.75. The highest BCUT2D eigenvalue weighted by Gasteiger charge is 2.14. The summed E-state index contributed by atoms with van der Waals surface area (Å²) in [5.41, 5.74) is 2.22. The van der Waals surface area contributed by atoms with Crippen LogP contribution in [-0.4, -0.2) is 0 Å². The summed E-state index contributed by atoms with van der Waals surface area (Å²) < 4.78 is 53.3. The van der Waals surface area contributed by atoms with Gasteiger partial charge in [0.25, 0.3) is 6.08 Å². The maximum atomic E-state index is 14.4. The maximum absolute atomic E-state index is 14.4. The van der Waals surface area contributed by atoms with Crippen LogP contribution in [0, 0.1) is 11.6 Å². The second-order valence-corrected chi connectivity index (χ2v) is 6.26. The highest BCUT2D eigenvalue weighted by Crippen LogP contribution is 2.30. The van der Waals surface area contributed by atoms with Crippen LogP contribution in [0.1, 0.15) is 24.5 Å². The molecule has 0 saturated carbocycles. The van der Waals surface area contributed by atoms with Crippen molar-refractivity contribution in [3.63, 3.8) is 0 Å². The fourth-order valence-electron chi connectivity index (χ4n) is 3.05. The third-order valence-electron chi connectivity index (χ3n) is 4.44. The minimum atomic E-state index is -2.14. The van der Waals surface area contributed by atoms with Gasteiger partial charge in [0.2, 0.25) is 0 Å². The van der Waals surface area contributed by atoms with E-state index >= 15 is 0 Å². The van der Waals surface area contributed by atoms with E-state index < -0.39 is 23.3 Å². The first-order valence-corrected chi connectivity index (χ1v) is 8.64. The molecule has 3 aromatic rings. The molecule has 3 rings (SSSR count). The lowest BCUT2D eigenvalue weighted by atomic mass is 9.98. The van der Waals surface area contributed by atoms with Crippen molar-refractivity contribution >= 4 is 16.8 Å². The van der Waals surface area contributed by atoms with Crippen LogP contribution in [0.4, 0.5) is 17.6 Å². The smallest absolute Gasteiger partial charge is 0.206 e. The van der Waals surface area contributed by atoms with Crippen molar-refractivity contribution in [2.24, 2.45) is 0 Å². The molecule has 27 heavy (non-hydrogen) atoms. The van der Waals surface area contributed by atoms with Crippen molar-refractivity contribution in [3.05, 3.63) is 89.5 Å². The molecule has 0 aliphatic carbocycles. The third kappa shape index (κ3) is 4.27. The summed E-state index contributed by atoms with van der Waals surface area (Å²) in [6, 6.07) is 13.9. The zero-order valence-electron chi connectivity index (χ0n) is 14.8. The Morgan fingerprint density at radius 1 is 0.926 bits per heavy atom. The van der Waals surface area contributed by atoms with E-state index in [1.54, 1.807) is 12.1 Å². The number of aryl methyl sites for hydroxylation is 1. The molecule has 0 amide bonds. The predicted molar refractivity (Wildman–Crippen MR) is 103 cm³/mol. The second kappa shape index (κ2) is 8.21. The number of fused-ring (bicyclic) bond motifs is 1. The molecule has 4 heteroatoms. The van der Waals surface area contributed by atoms with Gasteiger partial charge in [-0.3, -0.25) is 0 Å². The number of halogens is 4. The summed E-state index contributed by atoms with van der Waals surface area (Å²) in [5, 5.41) is 0.437. The standard InChI is InChI=1S/C23H18F4/c1-2-3-4-5-15-6-8-16(9-7-15)17-10-11-19-18(12-17)13-21(24)20(23(19)27)14-22(25)26/h2-3,6-14H,4-5H2,1H3/b3-2+. The summed E-state index contributed by atoms with van der Waals surface area (Å²) >= 11 is 0. The fraction of sp³-hybridized carbons (Fsp3) is 0.130. The average Bonchev–Trinajstić information content (AvgIpc) is 2.65. The number of rotatable bonds is 5. The second-order valence-electron chi connectivity index (χ2n) is 6.26. The molecule has 0 unspecified atom stereocenters. The van der Waals surface area contributed by atoms with Crippen molar-refractivity contribution < 1.29 is 17.6 Å². The van der Waals surface area contributed by atoms with Crippen LogP contribution in [0.2, 0.25) is 0 Å². The van der Waals surface area contributed by atoms with E-state index in [2.05, 4.69) is 6.08 Å². The van der Waals surface area contributed by atoms with Crippen molar-refractivity contribution in [2.45, 2.75) is 19.8 Å². The van der Waals surface area contributed by atoms with Crippen molar-refractivity contribution in [2.75, 3.05) is 0 Å². The van der Waals surface area contributed by atoms with E-state index in [0.29, 0.717) is 5.39 Å². The minimum Gasteiger partial charge on any atom is -0.206 e. The number of hydrogen-bond donors (Lipinski definition) is 0. The molecule has 0 aliphatic heterocycles. The molecule has 0 aliphatic rings. The monoisotopic (exact) mass is 370 g/mol. The Morgan fingerprint density at radius 2 is 1.63 bits per heavy atom. The lowest BCUT2D eigenvalue weighted by Crippen LogP contribution is -1.92. The molecule has 0 aromatic heterocycles. The van der Waals surface area contributed by atoms with Gasteiger partial charge in [-0.15, -0.1) is 0 Å². The molecule has 0 nitrogen and oxygen atoms in total. The van der Waals surface area contributed by atoms with Gasteiger partial charge in [-0.25, -0.2) is 8.78 Å². The van der Waals surface area contributed by atoms with Gasteiger partial charge >= 0.3 is 0 Å². The van der Waals surface area contributed by atoms with E-state index in [1.807, 2.05) is 37.3 Å². The molecule has 0 saturated heterocycles. The van der Waals surface area contributed by atoms with Gasteiger partial charge in [0.15, 0.2) is 0 Å². The average molecular weight is 370 g/mol. The van der Waals surface area contributed by atoms with E-state index in [1.165, 1.54) is 11.6 Å². The lowest BCUT2D eigenvalue weighted by molar-refractivity contribution is 0.428. The molecule has 0 fully saturated rings. The van der Waals surface area contributed by atoms with Crippen molar-refractivity contribution in [1.29, 1.82) is 0 Å². The number of hydrogen-bond acceptors (Lipinski definition) is 0. The van der Waals surface area contributed by atoms with Gasteiger partial charge in [-0.2, -0.15) is 8.78 Å². The molecule has 0 atom stereocenters. The molecule has 0 spiro atoms. The molecule has 0 heterocycles. The first-order valence-electron chi connectivity index (χ1n) is 8.64. The van der Waals surface area contributed by atoms with Crippen LogP contribution in [0.3, 0.4) is 0 Å². The molecule has 0 bridgehead atoms. The van der Waals surface area contributed by atoms with Gasteiger partial charge in [-0.05, 0) is 54.0 Å². The maximum Gasteiger partial charge on any atom is 0.271 e. The quantitative estimate of drug-likeness (QED) is 0.322. The van der Waals surface area contributed by atoms with Crippen LogP contribution in [0.15, 0.2) is 66.8 Å². The van der Waals surface area contributed by atoms with Crippen LogP contribution in [-0.2, 0) is 6.42 Å². The van der Waals surface area contributed by atoms with Crippen LogP contribution >= 0.6 is 0 Å². The van der Waals surface area contributed by atoms with Crippen molar-refractivity contribution in [1.82, 2.24) is 0 Å². The summed E-state index contributed by atoms with van der Waals surface area (Å²) in [4.78, 5) is 0. The van der Waals surface area contributed by atoms with E-state index in [9.17, 15) is 17.6 Å². The summed E-state index contributed by atoms with van der Waals surface area (Å²) in [5.74, 6) is -1.99. The Hall–Kier alpha value is -2.88. The zero-order valence-corrected chi connectivity index (χ0v) is 14.8. The van der Waals surface area contributed by atoms with Gasteiger partial charge in [0.05, 0.1) is 5.56 Å². The summed E-state index contributed by atoms with van der Waals surface area (Å²) in [6.45, 7) is 1.99. The van der Waals surface area contributed by atoms with Gasteiger partial charge in [-0.1, -0.05) is 48.6 Å². The Morgan fingerprint density at radius 3 is 2.30 bits per heavy atom. The molecular weight excluding hydrogens is 352 g/mol. The van der Waals surface area contributed by atoms with E-state index in [4.69, 9.17) is 0 Å². The van der Waals surface area contributed by atoms with Crippen molar-refractivity contribution in [3.8, 4) is 11.1 Å². The Labute approximate surface area is 155 Å². The van der Waals surface area contributed by atoms with Crippen LogP contribution in [0.25, 0.3) is 28.0 Å². The largest absolute Gasteiger partial charge is 0.271 e. The molecule has 0 radical (unpaired) electrons. The highest BCUT2D eigenvalue weighted by atomic mass is 19.3. The first-order chi connectivity index (χ1) is 13.0. The minimum absolute atomic E-state index is 0.107. The number of allylic oxidation sites excluding steroid dienone is 2. The summed E-state index contributed by atoms with van der Waals surface area (Å²) in [7, 11) is 0. The van der Waals surface area contributed by atoms with Gasteiger partial charge in [0, 0.05) is 11.5 Å².